The fraction of sp³-hybridized carbons (Fsp3) is 0.600. The topological polar surface area (TPSA) is 59.0 Å². The van der Waals surface area contributed by atoms with Gasteiger partial charge in [0.1, 0.15) is 5.75 Å². The summed E-state index contributed by atoms with van der Waals surface area (Å²) < 4.78 is 11.3. The lowest BCUT2D eigenvalue weighted by molar-refractivity contribution is 0.166. The van der Waals surface area contributed by atoms with Gasteiger partial charge in [0.25, 0.3) is 0 Å². The van der Waals surface area contributed by atoms with Crippen molar-refractivity contribution in [3.8, 4) is 5.75 Å². The van der Waals surface area contributed by atoms with Gasteiger partial charge in [0.15, 0.2) is 5.96 Å². The summed E-state index contributed by atoms with van der Waals surface area (Å²) in [5, 5.41) is 3.36. The zero-order valence-electron chi connectivity index (χ0n) is 12.8. The van der Waals surface area contributed by atoms with E-state index in [1.54, 1.807) is 12.4 Å². The van der Waals surface area contributed by atoms with Gasteiger partial charge in [-0.25, -0.2) is 0 Å². The predicted octanol–water partition coefficient (Wildman–Crippen LogP) is 1.51. The van der Waals surface area contributed by atoms with Crippen molar-refractivity contribution in [2.45, 2.75) is 13.0 Å². The Balaban J connectivity index is 0.00000176. The van der Waals surface area contributed by atoms with E-state index in [0.29, 0.717) is 19.1 Å². The Morgan fingerprint density at radius 1 is 1.50 bits per heavy atom. The molecule has 1 aromatic rings. The molecule has 0 bridgehead atoms. The lowest BCUT2D eigenvalue weighted by Crippen LogP contribution is -2.35. The highest BCUT2D eigenvalue weighted by Gasteiger charge is 2.17. The maximum Gasteiger partial charge on any atom is 0.194 e. The van der Waals surface area contributed by atoms with E-state index in [0.717, 1.165) is 50.0 Å². The van der Waals surface area contributed by atoms with Crippen molar-refractivity contribution >= 4 is 29.9 Å². The SMILES string of the molecule is CN1CCN=C1NCc1ccncc1OCC1CCOC1.I. The highest BCUT2D eigenvalue weighted by Crippen LogP contribution is 2.19. The molecule has 0 aliphatic carbocycles. The molecule has 1 saturated heterocycles. The number of ether oxygens (including phenoxy) is 2. The second-order valence-electron chi connectivity index (χ2n) is 5.50. The van der Waals surface area contributed by atoms with E-state index in [9.17, 15) is 0 Å². The summed E-state index contributed by atoms with van der Waals surface area (Å²) in [6.45, 7) is 4.88. The molecule has 22 heavy (non-hydrogen) atoms. The molecule has 1 fully saturated rings. The van der Waals surface area contributed by atoms with Gasteiger partial charge in [0, 0.05) is 44.4 Å². The Morgan fingerprint density at radius 2 is 2.41 bits per heavy atom. The summed E-state index contributed by atoms with van der Waals surface area (Å²) >= 11 is 0. The van der Waals surface area contributed by atoms with Crippen LogP contribution in [0.25, 0.3) is 0 Å². The van der Waals surface area contributed by atoms with Gasteiger partial charge in [-0.1, -0.05) is 0 Å². The minimum Gasteiger partial charge on any atom is -0.491 e. The molecule has 6 nitrogen and oxygen atoms in total. The number of aromatic nitrogens is 1. The van der Waals surface area contributed by atoms with Gasteiger partial charge in [-0.15, -0.1) is 24.0 Å². The average Bonchev–Trinajstić information content (AvgIpc) is 3.15. The Morgan fingerprint density at radius 3 is 3.14 bits per heavy atom. The summed E-state index contributed by atoms with van der Waals surface area (Å²) in [5.41, 5.74) is 1.10. The molecule has 0 saturated carbocycles. The Bertz CT molecular complexity index is 506. The Kier molecular flexibility index (Phi) is 6.69. The number of hydrogen-bond acceptors (Lipinski definition) is 6. The second kappa shape index (κ2) is 8.52. The standard InChI is InChI=1S/C15H22N4O2.HI/c1-19-6-5-17-15(19)18-8-13-2-4-16-9-14(13)21-11-12-3-7-20-10-12;/h2,4,9,12H,3,5-8,10-11H2,1H3,(H,17,18);1H. The van der Waals surface area contributed by atoms with Gasteiger partial charge in [-0.2, -0.15) is 0 Å². The molecule has 7 heteroatoms. The number of halogens is 1. The van der Waals surface area contributed by atoms with Crippen molar-refractivity contribution in [2.24, 2.45) is 10.9 Å². The summed E-state index contributed by atoms with van der Waals surface area (Å²) in [6, 6.07) is 1.99. The van der Waals surface area contributed by atoms with Crippen LogP contribution in [0.3, 0.4) is 0 Å². The van der Waals surface area contributed by atoms with Crippen LogP contribution in [0, 0.1) is 5.92 Å². The largest absolute Gasteiger partial charge is 0.491 e. The van der Waals surface area contributed by atoms with Crippen LogP contribution >= 0.6 is 24.0 Å². The van der Waals surface area contributed by atoms with Crippen LogP contribution in [0.4, 0.5) is 0 Å². The predicted molar refractivity (Wildman–Crippen MR) is 95.8 cm³/mol. The van der Waals surface area contributed by atoms with Crippen molar-refractivity contribution in [2.75, 3.05) is 40.0 Å². The summed E-state index contributed by atoms with van der Waals surface area (Å²) in [5.74, 6) is 2.29. The van der Waals surface area contributed by atoms with Gasteiger partial charge >= 0.3 is 0 Å². The fourth-order valence-corrected chi connectivity index (χ4v) is 2.50. The number of likely N-dealkylation sites (N-methyl/N-ethyl adjacent to an activating group) is 1. The van der Waals surface area contributed by atoms with Crippen LogP contribution in [0.5, 0.6) is 5.75 Å². The first-order valence-electron chi connectivity index (χ1n) is 7.46. The lowest BCUT2D eigenvalue weighted by Gasteiger charge is -2.17. The van der Waals surface area contributed by atoms with Crippen molar-refractivity contribution in [1.82, 2.24) is 15.2 Å². The number of guanidine groups is 1. The zero-order valence-corrected chi connectivity index (χ0v) is 15.2. The third-order valence-electron chi connectivity index (χ3n) is 3.86. The van der Waals surface area contributed by atoms with Crippen molar-refractivity contribution < 1.29 is 9.47 Å². The minimum absolute atomic E-state index is 0. The Labute approximate surface area is 148 Å². The summed E-state index contributed by atoms with van der Waals surface area (Å²) in [6.07, 6.45) is 4.66. The third kappa shape index (κ3) is 4.45. The first kappa shape index (κ1) is 17.3. The molecule has 1 N–H and O–H groups in total. The van der Waals surface area contributed by atoms with E-state index in [1.807, 2.05) is 13.1 Å². The maximum absolute atomic E-state index is 5.93. The fourth-order valence-electron chi connectivity index (χ4n) is 2.50. The van der Waals surface area contributed by atoms with Crippen LogP contribution in [0.15, 0.2) is 23.5 Å². The molecular formula is C15H23IN4O2. The molecule has 0 radical (unpaired) electrons. The van der Waals surface area contributed by atoms with E-state index in [4.69, 9.17) is 9.47 Å². The van der Waals surface area contributed by atoms with Crippen LogP contribution in [-0.4, -0.2) is 55.8 Å². The van der Waals surface area contributed by atoms with Crippen LogP contribution in [0.1, 0.15) is 12.0 Å². The molecule has 2 aliphatic rings. The Hall–Kier alpha value is -1.09. The number of pyridine rings is 1. The molecule has 1 unspecified atom stereocenters. The number of aliphatic imine (C=N–C) groups is 1. The first-order valence-corrected chi connectivity index (χ1v) is 7.46. The molecule has 122 valence electrons. The minimum atomic E-state index is 0. The molecule has 0 amide bonds. The van der Waals surface area contributed by atoms with Crippen LogP contribution in [-0.2, 0) is 11.3 Å². The number of nitrogens with zero attached hydrogens (tertiary/aromatic N) is 3. The van der Waals surface area contributed by atoms with Crippen LogP contribution in [0.2, 0.25) is 0 Å². The van der Waals surface area contributed by atoms with E-state index in [-0.39, 0.29) is 24.0 Å². The summed E-state index contributed by atoms with van der Waals surface area (Å²) in [4.78, 5) is 10.7. The molecule has 0 spiro atoms. The van der Waals surface area contributed by atoms with E-state index >= 15 is 0 Å². The van der Waals surface area contributed by atoms with Gasteiger partial charge in [-0.05, 0) is 12.5 Å². The molecular weight excluding hydrogens is 395 g/mol. The highest BCUT2D eigenvalue weighted by atomic mass is 127. The number of nitrogens with one attached hydrogen (secondary N) is 1. The van der Waals surface area contributed by atoms with Crippen molar-refractivity contribution in [1.29, 1.82) is 0 Å². The number of rotatable bonds is 5. The average molecular weight is 418 g/mol. The first-order chi connectivity index (χ1) is 10.3. The van der Waals surface area contributed by atoms with Crippen molar-refractivity contribution in [3.63, 3.8) is 0 Å². The normalized spacial score (nSPS) is 20.5. The molecule has 3 heterocycles. The van der Waals surface area contributed by atoms with Gasteiger partial charge < -0.3 is 19.7 Å². The monoisotopic (exact) mass is 418 g/mol. The maximum atomic E-state index is 5.93. The molecule has 2 aliphatic heterocycles. The third-order valence-corrected chi connectivity index (χ3v) is 3.86. The smallest absolute Gasteiger partial charge is 0.194 e. The zero-order chi connectivity index (χ0) is 14.5. The van der Waals surface area contributed by atoms with Crippen molar-refractivity contribution in [3.05, 3.63) is 24.0 Å². The highest BCUT2D eigenvalue weighted by molar-refractivity contribution is 14.0. The molecule has 3 rings (SSSR count). The van der Waals surface area contributed by atoms with Crippen LogP contribution < -0.4 is 10.1 Å². The number of hydrogen-bond donors (Lipinski definition) is 1. The van der Waals surface area contributed by atoms with E-state index < -0.39 is 0 Å². The molecule has 1 aromatic heterocycles. The van der Waals surface area contributed by atoms with E-state index in [2.05, 4.69) is 20.2 Å². The second-order valence-corrected chi connectivity index (χ2v) is 5.50. The van der Waals surface area contributed by atoms with E-state index in [1.165, 1.54) is 0 Å². The van der Waals surface area contributed by atoms with Gasteiger partial charge in [0.05, 0.1) is 26.0 Å². The molecule has 1 atom stereocenters. The van der Waals surface area contributed by atoms with Gasteiger partial charge in [-0.3, -0.25) is 9.98 Å². The lowest BCUT2D eigenvalue weighted by atomic mass is 10.1. The van der Waals surface area contributed by atoms with Gasteiger partial charge in [0.2, 0.25) is 0 Å². The molecule has 0 aromatic carbocycles. The summed E-state index contributed by atoms with van der Waals surface area (Å²) in [7, 11) is 2.04. The quantitative estimate of drug-likeness (QED) is 0.735.